The number of hydrogen-bond acceptors (Lipinski definition) is 4. The van der Waals surface area contributed by atoms with Gasteiger partial charge in [-0.2, -0.15) is 0 Å². The van der Waals surface area contributed by atoms with E-state index in [4.69, 9.17) is 11.6 Å². The monoisotopic (exact) mass is 429 g/mol. The van der Waals surface area contributed by atoms with Crippen molar-refractivity contribution in [2.24, 2.45) is 0 Å². The highest BCUT2D eigenvalue weighted by atomic mass is 35.5. The Labute approximate surface area is 178 Å². The second kappa shape index (κ2) is 9.65. The molecule has 0 radical (unpaired) electrons. The fourth-order valence-electron chi connectivity index (χ4n) is 3.10. The lowest BCUT2D eigenvalue weighted by Crippen LogP contribution is -2.35. The van der Waals surface area contributed by atoms with Gasteiger partial charge in [0.25, 0.3) is 5.56 Å². The quantitative estimate of drug-likeness (QED) is 0.605. The number of aryl methyl sites for hydroxylation is 1. The summed E-state index contributed by atoms with van der Waals surface area (Å²) in [5.41, 5.74) is 1.64. The molecule has 156 valence electrons. The maximum Gasteiger partial charge on any atom is 0.257 e. The van der Waals surface area contributed by atoms with Crippen molar-refractivity contribution in [3.05, 3.63) is 86.5 Å². The van der Waals surface area contributed by atoms with E-state index in [0.29, 0.717) is 21.8 Å². The Morgan fingerprint density at radius 1 is 1.20 bits per heavy atom. The highest BCUT2D eigenvalue weighted by Crippen LogP contribution is 2.18. The second-order valence-electron chi connectivity index (χ2n) is 6.74. The average Bonchev–Trinajstić information content (AvgIpc) is 2.73. The third-order valence-electron chi connectivity index (χ3n) is 4.67. The van der Waals surface area contributed by atoms with Gasteiger partial charge in [-0.1, -0.05) is 29.8 Å². The summed E-state index contributed by atoms with van der Waals surface area (Å²) in [5, 5.41) is 12.6. The first-order valence-corrected chi connectivity index (χ1v) is 9.75. The van der Waals surface area contributed by atoms with Gasteiger partial charge in [-0.15, -0.1) is 0 Å². The van der Waals surface area contributed by atoms with Crippen LogP contribution in [0.25, 0.3) is 11.4 Å². The average molecular weight is 430 g/mol. The van der Waals surface area contributed by atoms with Gasteiger partial charge in [-0.3, -0.25) is 14.2 Å². The van der Waals surface area contributed by atoms with Crippen LogP contribution in [0.1, 0.15) is 16.8 Å². The molecule has 3 rings (SSSR count). The lowest BCUT2D eigenvalue weighted by Gasteiger charge is -2.16. The van der Waals surface area contributed by atoms with E-state index in [0.717, 1.165) is 5.56 Å². The number of nitrogens with one attached hydrogen (secondary N) is 1. The van der Waals surface area contributed by atoms with E-state index in [9.17, 15) is 19.1 Å². The molecule has 0 saturated heterocycles. The van der Waals surface area contributed by atoms with Crippen LogP contribution in [-0.4, -0.2) is 27.2 Å². The van der Waals surface area contributed by atoms with Crippen LogP contribution in [0.5, 0.6) is 0 Å². The molecule has 8 heteroatoms. The number of amides is 1. The Bertz CT molecular complexity index is 1110. The maximum atomic E-state index is 13.3. The zero-order valence-electron chi connectivity index (χ0n) is 16.4. The minimum atomic E-state index is -0.418. The molecule has 6 nitrogen and oxygen atoms in total. The normalized spacial score (nSPS) is 10.8. The van der Waals surface area contributed by atoms with Gasteiger partial charge >= 0.3 is 0 Å². The minimum Gasteiger partial charge on any atom is -0.396 e. The number of hydrogen-bond donors (Lipinski definition) is 2. The molecule has 0 unspecified atom stereocenters. The van der Waals surface area contributed by atoms with Crippen LogP contribution < -0.4 is 10.9 Å². The zero-order valence-corrected chi connectivity index (χ0v) is 17.1. The van der Waals surface area contributed by atoms with Gasteiger partial charge < -0.3 is 10.4 Å². The molecule has 3 aromatic rings. The third kappa shape index (κ3) is 4.93. The van der Waals surface area contributed by atoms with Crippen LogP contribution in [0, 0.1) is 12.7 Å². The van der Waals surface area contributed by atoms with Crippen molar-refractivity contribution < 1.29 is 14.3 Å². The molecule has 2 aromatic carbocycles. The molecule has 0 aliphatic carbocycles. The fourth-order valence-corrected chi connectivity index (χ4v) is 3.30. The van der Waals surface area contributed by atoms with Crippen molar-refractivity contribution in [1.29, 1.82) is 0 Å². The first-order chi connectivity index (χ1) is 14.4. The third-order valence-corrected chi connectivity index (χ3v) is 5.04. The number of benzene rings is 2. The molecular weight excluding hydrogens is 409 g/mol. The predicted molar refractivity (Wildman–Crippen MR) is 113 cm³/mol. The second-order valence-corrected chi connectivity index (χ2v) is 7.15. The van der Waals surface area contributed by atoms with E-state index in [-0.39, 0.29) is 31.9 Å². The van der Waals surface area contributed by atoms with Crippen LogP contribution in [0.4, 0.5) is 4.39 Å². The number of carbonyl (C=O) groups excluding carboxylic acids is 1. The molecular formula is C22H21ClFN3O3. The van der Waals surface area contributed by atoms with Gasteiger partial charge in [-0.05, 0) is 42.8 Å². The summed E-state index contributed by atoms with van der Waals surface area (Å²) in [7, 11) is 0. The molecule has 1 aromatic heterocycles. The van der Waals surface area contributed by atoms with Crippen LogP contribution in [0.15, 0.2) is 53.3 Å². The number of aliphatic hydroxyl groups is 1. The van der Waals surface area contributed by atoms with Crippen LogP contribution >= 0.6 is 11.6 Å². The smallest absolute Gasteiger partial charge is 0.257 e. The number of aliphatic hydroxyl groups excluding tert-OH is 1. The van der Waals surface area contributed by atoms with E-state index in [1.807, 2.05) is 6.07 Å². The molecule has 2 N–H and O–H groups in total. The lowest BCUT2D eigenvalue weighted by molar-refractivity contribution is -0.121. The molecule has 1 heterocycles. The van der Waals surface area contributed by atoms with Crippen LogP contribution in [0.3, 0.4) is 0 Å². The number of rotatable bonds is 7. The Hall–Kier alpha value is -3.03. The molecule has 1 amide bonds. The van der Waals surface area contributed by atoms with Gasteiger partial charge in [-0.25, -0.2) is 9.37 Å². The summed E-state index contributed by atoms with van der Waals surface area (Å²) in [4.78, 5) is 30.1. The number of carbonyl (C=O) groups is 1. The van der Waals surface area contributed by atoms with Gasteiger partial charge in [0.15, 0.2) is 0 Å². The molecule has 0 aliphatic heterocycles. The molecule has 30 heavy (non-hydrogen) atoms. The van der Waals surface area contributed by atoms with Crippen molar-refractivity contribution >= 4 is 17.5 Å². The van der Waals surface area contributed by atoms with Crippen LogP contribution in [0.2, 0.25) is 5.02 Å². The Kier molecular flexibility index (Phi) is 6.97. The van der Waals surface area contributed by atoms with E-state index in [2.05, 4.69) is 10.3 Å². The van der Waals surface area contributed by atoms with Crippen molar-refractivity contribution in [2.75, 3.05) is 6.61 Å². The largest absolute Gasteiger partial charge is 0.396 e. The topological polar surface area (TPSA) is 84.2 Å². The Balaban J connectivity index is 1.93. The lowest BCUT2D eigenvalue weighted by atomic mass is 10.1. The minimum absolute atomic E-state index is 0.128. The summed E-state index contributed by atoms with van der Waals surface area (Å²) in [6.07, 6.45) is 0.128. The van der Waals surface area contributed by atoms with E-state index in [1.165, 1.54) is 28.8 Å². The summed E-state index contributed by atoms with van der Waals surface area (Å²) < 4.78 is 14.6. The first kappa shape index (κ1) is 21.7. The maximum absolute atomic E-state index is 13.3. The highest BCUT2D eigenvalue weighted by molar-refractivity contribution is 6.31. The Morgan fingerprint density at radius 2 is 1.90 bits per heavy atom. The van der Waals surface area contributed by atoms with E-state index in [1.54, 1.807) is 25.1 Å². The standard InChI is InChI=1S/C22H21ClFN3O3/c1-14-18(10-11-28)22(30)27(21(26-14)15-6-8-17(24)9-7-15)13-20(29)25-12-16-4-2-3-5-19(16)23/h2-9,28H,10-13H2,1H3,(H,25,29). The van der Waals surface area contributed by atoms with Crippen molar-refractivity contribution in [3.8, 4) is 11.4 Å². The van der Waals surface area contributed by atoms with Gasteiger partial charge in [0.05, 0.1) is 0 Å². The SMILES string of the molecule is Cc1nc(-c2ccc(F)cc2)n(CC(=O)NCc2ccccc2Cl)c(=O)c1CCO. The summed E-state index contributed by atoms with van der Waals surface area (Å²) in [6, 6.07) is 12.7. The van der Waals surface area contributed by atoms with Crippen LogP contribution in [-0.2, 0) is 24.3 Å². The first-order valence-electron chi connectivity index (χ1n) is 9.38. The van der Waals surface area contributed by atoms with E-state index < -0.39 is 17.3 Å². The molecule has 0 atom stereocenters. The van der Waals surface area contributed by atoms with Crippen molar-refractivity contribution in [2.45, 2.75) is 26.4 Å². The summed E-state index contributed by atoms with van der Waals surface area (Å²) in [6.45, 7) is 1.39. The predicted octanol–water partition coefficient (Wildman–Crippen LogP) is 2.86. The number of halogens is 2. The fraction of sp³-hybridized carbons (Fsp3) is 0.227. The summed E-state index contributed by atoms with van der Waals surface area (Å²) >= 11 is 6.11. The van der Waals surface area contributed by atoms with Gasteiger partial charge in [0.1, 0.15) is 18.2 Å². The molecule has 0 fully saturated rings. The zero-order chi connectivity index (χ0) is 21.7. The van der Waals surface area contributed by atoms with Gasteiger partial charge in [0, 0.05) is 41.4 Å². The number of aromatic nitrogens is 2. The van der Waals surface area contributed by atoms with Gasteiger partial charge in [0.2, 0.25) is 5.91 Å². The molecule has 0 aliphatic rings. The molecule has 0 bridgehead atoms. The van der Waals surface area contributed by atoms with Crippen molar-refractivity contribution in [3.63, 3.8) is 0 Å². The highest BCUT2D eigenvalue weighted by Gasteiger charge is 2.18. The Morgan fingerprint density at radius 3 is 2.57 bits per heavy atom. The molecule has 0 spiro atoms. The number of nitrogens with zero attached hydrogens (tertiary/aromatic N) is 2. The van der Waals surface area contributed by atoms with Crippen molar-refractivity contribution in [1.82, 2.24) is 14.9 Å². The molecule has 0 saturated carbocycles. The van der Waals surface area contributed by atoms with E-state index >= 15 is 0 Å². The summed E-state index contributed by atoms with van der Waals surface area (Å²) in [5.74, 6) is -0.563.